The maximum atomic E-state index is 12.2. The summed E-state index contributed by atoms with van der Waals surface area (Å²) in [5, 5.41) is 3.20. The Morgan fingerprint density at radius 3 is 2.83 bits per heavy atom. The first-order valence-electron chi connectivity index (χ1n) is 5.69. The van der Waals surface area contributed by atoms with Gasteiger partial charge in [-0.15, -0.1) is 0 Å². The van der Waals surface area contributed by atoms with Crippen molar-refractivity contribution in [3.8, 4) is 0 Å². The number of hydrogen-bond acceptors (Lipinski definition) is 3. The second-order valence-electron chi connectivity index (χ2n) is 4.42. The molecule has 0 unspecified atom stereocenters. The maximum absolute atomic E-state index is 12.2. The van der Waals surface area contributed by atoms with Gasteiger partial charge in [0.05, 0.1) is 13.1 Å². The van der Waals surface area contributed by atoms with Crippen LogP contribution in [0.15, 0.2) is 21.2 Å². The molecule has 7 heteroatoms. The van der Waals surface area contributed by atoms with E-state index in [-0.39, 0.29) is 6.04 Å². The van der Waals surface area contributed by atoms with Crippen LogP contribution in [0.5, 0.6) is 0 Å². The number of furan rings is 1. The van der Waals surface area contributed by atoms with Crippen molar-refractivity contribution in [1.29, 1.82) is 0 Å². The molecular weight excluding hydrogens is 313 g/mol. The topological polar surface area (TPSA) is 28.4 Å². The van der Waals surface area contributed by atoms with E-state index in [1.165, 1.54) is 4.90 Å². The second kappa shape index (κ2) is 5.63. The number of rotatable bonds is 4. The first-order chi connectivity index (χ1) is 8.42. The minimum Gasteiger partial charge on any atom is -0.453 e. The van der Waals surface area contributed by atoms with E-state index in [1.807, 2.05) is 6.07 Å². The zero-order chi connectivity index (χ0) is 13.2. The Bertz CT molecular complexity index is 394. The van der Waals surface area contributed by atoms with Gasteiger partial charge in [0.25, 0.3) is 0 Å². The molecule has 2 heterocycles. The van der Waals surface area contributed by atoms with E-state index in [4.69, 9.17) is 4.42 Å². The van der Waals surface area contributed by atoms with Crippen molar-refractivity contribution in [2.24, 2.45) is 0 Å². The van der Waals surface area contributed by atoms with Crippen LogP contribution in [0.25, 0.3) is 0 Å². The summed E-state index contributed by atoms with van der Waals surface area (Å²) in [5.74, 6) is 0.774. The summed E-state index contributed by atoms with van der Waals surface area (Å²) < 4.78 is 42.6. The number of nitrogens with one attached hydrogen (secondary N) is 1. The number of halogens is 4. The molecule has 0 bridgehead atoms. The normalized spacial score (nSPS) is 21.7. The monoisotopic (exact) mass is 326 g/mol. The molecule has 1 aromatic heterocycles. The average Bonchev–Trinajstić information content (AvgIpc) is 2.82. The Kier molecular flexibility index (Phi) is 4.34. The Morgan fingerprint density at radius 2 is 2.22 bits per heavy atom. The summed E-state index contributed by atoms with van der Waals surface area (Å²) in [6, 6.07) is 3.72. The fourth-order valence-electron chi connectivity index (χ4n) is 2.09. The van der Waals surface area contributed by atoms with Crippen molar-refractivity contribution in [1.82, 2.24) is 10.2 Å². The van der Waals surface area contributed by atoms with Crippen LogP contribution in [0.2, 0.25) is 0 Å². The summed E-state index contributed by atoms with van der Waals surface area (Å²) >= 11 is 3.20. The SMILES string of the molecule is FC(F)(F)CN1CC[C@H](NCc2ccc(Br)o2)C1. The molecule has 0 amide bonds. The lowest BCUT2D eigenvalue weighted by molar-refractivity contribution is -0.143. The fourth-order valence-corrected chi connectivity index (χ4v) is 2.43. The maximum Gasteiger partial charge on any atom is 0.401 e. The molecule has 2 rings (SSSR count). The third kappa shape index (κ3) is 4.29. The van der Waals surface area contributed by atoms with Crippen LogP contribution in [-0.4, -0.2) is 36.8 Å². The van der Waals surface area contributed by atoms with Crippen molar-refractivity contribution in [2.75, 3.05) is 19.6 Å². The Balaban J connectivity index is 1.73. The van der Waals surface area contributed by atoms with Crippen molar-refractivity contribution >= 4 is 15.9 Å². The van der Waals surface area contributed by atoms with E-state index in [0.717, 1.165) is 12.2 Å². The van der Waals surface area contributed by atoms with E-state index < -0.39 is 12.7 Å². The van der Waals surface area contributed by atoms with E-state index in [9.17, 15) is 13.2 Å². The van der Waals surface area contributed by atoms with Gasteiger partial charge in [0.15, 0.2) is 4.67 Å². The van der Waals surface area contributed by atoms with Crippen molar-refractivity contribution in [2.45, 2.75) is 25.2 Å². The van der Waals surface area contributed by atoms with Gasteiger partial charge in [-0.3, -0.25) is 4.90 Å². The number of hydrogen-bond donors (Lipinski definition) is 1. The molecule has 0 spiro atoms. The largest absolute Gasteiger partial charge is 0.453 e. The van der Waals surface area contributed by atoms with Crippen LogP contribution < -0.4 is 5.32 Å². The lowest BCUT2D eigenvalue weighted by atomic mass is 10.2. The molecule has 18 heavy (non-hydrogen) atoms. The molecular formula is C11H14BrF3N2O. The van der Waals surface area contributed by atoms with Gasteiger partial charge in [-0.05, 0) is 34.5 Å². The molecule has 102 valence electrons. The standard InChI is InChI=1S/C11H14BrF3N2O/c12-10-2-1-9(18-10)5-16-8-3-4-17(6-8)7-11(13,14)15/h1-2,8,16H,3-7H2/t8-/m0/s1. The molecule has 0 radical (unpaired) electrons. The van der Waals surface area contributed by atoms with Crippen LogP contribution in [0, 0.1) is 0 Å². The molecule has 1 atom stereocenters. The molecule has 1 N–H and O–H groups in total. The van der Waals surface area contributed by atoms with Crippen LogP contribution in [0.3, 0.4) is 0 Å². The number of likely N-dealkylation sites (tertiary alicyclic amines) is 1. The zero-order valence-corrected chi connectivity index (χ0v) is 11.2. The van der Waals surface area contributed by atoms with E-state index in [1.54, 1.807) is 6.07 Å². The van der Waals surface area contributed by atoms with Crippen molar-refractivity contribution < 1.29 is 17.6 Å². The highest BCUT2D eigenvalue weighted by molar-refractivity contribution is 9.10. The Labute approximate surface area is 111 Å². The summed E-state index contributed by atoms with van der Waals surface area (Å²) in [6.45, 7) is 0.633. The Hall–Kier alpha value is -0.530. The highest BCUT2D eigenvalue weighted by Gasteiger charge is 2.34. The predicted molar refractivity (Wildman–Crippen MR) is 64.1 cm³/mol. The molecule has 1 fully saturated rings. The van der Waals surface area contributed by atoms with Crippen LogP contribution in [-0.2, 0) is 6.54 Å². The van der Waals surface area contributed by atoms with E-state index >= 15 is 0 Å². The van der Waals surface area contributed by atoms with Crippen molar-refractivity contribution in [3.05, 3.63) is 22.6 Å². The van der Waals surface area contributed by atoms with Crippen LogP contribution >= 0.6 is 15.9 Å². The second-order valence-corrected chi connectivity index (χ2v) is 5.20. The molecule has 1 aromatic rings. The number of alkyl halides is 3. The lowest BCUT2D eigenvalue weighted by Gasteiger charge is -2.18. The molecule has 0 aliphatic carbocycles. The van der Waals surface area contributed by atoms with Crippen LogP contribution in [0.1, 0.15) is 12.2 Å². The summed E-state index contributed by atoms with van der Waals surface area (Å²) in [5.41, 5.74) is 0. The summed E-state index contributed by atoms with van der Waals surface area (Å²) in [7, 11) is 0. The van der Waals surface area contributed by atoms with E-state index in [2.05, 4.69) is 21.2 Å². The molecule has 1 aliphatic rings. The third-order valence-corrected chi connectivity index (χ3v) is 3.30. The lowest BCUT2D eigenvalue weighted by Crippen LogP contribution is -2.36. The van der Waals surface area contributed by atoms with Gasteiger partial charge >= 0.3 is 6.18 Å². The van der Waals surface area contributed by atoms with E-state index in [0.29, 0.717) is 24.3 Å². The van der Waals surface area contributed by atoms with Gasteiger partial charge in [-0.25, -0.2) is 0 Å². The first kappa shape index (κ1) is 13.9. The highest BCUT2D eigenvalue weighted by atomic mass is 79.9. The summed E-state index contributed by atoms with van der Waals surface area (Å²) in [4.78, 5) is 1.43. The quantitative estimate of drug-likeness (QED) is 0.922. The summed E-state index contributed by atoms with van der Waals surface area (Å²) in [6.07, 6.45) is -3.38. The smallest absolute Gasteiger partial charge is 0.401 e. The third-order valence-electron chi connectivity index (χ3n) is 2.87. The average molecular weight is 327 g/mol. The zero-order valence-electron chi connectivity index (χ0n) is 9.63. The van der Waals surface area contributed by atoms with Gasteiger partial charge in [0, 0.05) is 19.1 Å². The van der Waals surface area contributed by atoms with Crippen molar-refractivity contribution in [3.63, 3.8) is 0 Å². The first-order valence-corrected chi connectivity index (χ1v) is 6.48. The molecule has 1 aliphatic heterocycles. The molecule has 3 nitrogen and oxygen atoms in total. The molecule has 1 saturated heterocycles. The minimum absolute atomic E-state index is 0.0937. The molecule has 0 saturated carbocycles. The van der Waals surface area contributed by atoms with Gasteiger partial charge in [-0.1, -0.05) is 0 Å². The van der Waals surface area contributed by atoms with Gasteiger partial charge in [0.1, 0.15) is 5.76 Å². The highest BCUT2D eigenvalue weighted by Crippen LogP contribution is 2.20. The minimum atomic E-state index is -4.11. The fraction of sp³-hybridized carbons (Fsp3) is 0.636. The van der Waals surface area contributed by atoms with Crippen LogP contribution in [0.4, 0.5) is 13.2 Å². The van der Waals surface area contributed by atoms with Gasteiger partial charge in [-0.2, -0.15) is 13.2 Å². The number of nitrogens with zero attached hydrogens (tertiary/aromatic N) is 1. The Morgan fingerprint density at radius 1 is 1.44 bits per heavy atom. The molecule has 0 aromatic carbocycles. The predicted octanol–water partition coefficient (Wildman–Crippen LogP) is 2.77. The van der Waals surface area contributed by atoms with Gasteiger partial charge < -0.3 is 9.73 Å². The van der Waals surface area contributed by atoms with Gasteiger partial charge in [0.2, 0.25) is 0 Å².